The molecule has 1 aromatic heterocycles. The van der Waals surface area contributed by atoms with Crippen LogP contribution in [0.25, 0.3) is 0 Å². The van der Waals surface area contributed by atoms with Crippen molar-refractivity contribution in [1.82, 2.24) is 10.3 Å². The quantitative estimate of drug-likeness (QED) is 0.667. The Morgan fingerprint density at radius 1 is 1.67 bits per heavy atom. The molecular formula is C10H14N4O. The fourth-order valence-electron chi connectivity index (χ4n) is 1.63. The highest BCUT2D eigenvalue weighted by atomic mass is 16.1. The van der Waals surface area contributed by atoms with Crippen LogP contribution in [0.5, 0.6) is 0 Å². The molecule has 1 aliphatic rings. The van der Waals surface area contributed by atoms with Crippen molar-refractivity contribution in [3.8, 4) is 0 Å². The molecule has 0 bridgehead atoms. The highest BCUT2D eigenvalue weighted by Crippen LogP contribution is 2.14. The van der Waals surface area contributed by atoms with E-state index < -0.39 is 0 Å². The Morgan fingerprint density at radius 2 is 2.53 bits per heavy atom. The van der Waals surface area contributed by atoms with E-state index in [0.717, 1.165) is 12.1 Å². The van der Waals surface area contributed by atoms with Crippen molar-refractivity contribution in [2.24, 2.45) is 0 Å². The van der Waals surface area contributed by atoms with Gasteiger partial charge in [-0.2, -0.15) is 0 Å². The average molecular weight is 206 g/mol. The number of nitrogens with two attached hydrogens (primary N) is 1. The molecule has 0 aliphatic carbocycles. The number of carbonyl (C=O) groups excluding carboxylic acids is 1. The van der Waals surface area contributed by atoms with Gasteiger partial charge < -0.3 is 16.4 Å². The Morgan fingerprint density at radius 3 is 3.20 bits per heavy atom. The molecule has 5 nitrogen and oxygen atoms in total. The van der Waals surface area contributed by atoms with E-state index in [1.807, 2.05) is 12.1 Å². The molecule has 2 rings (SSSR count). The van der Waals surface area contributed by atoms with E-state index in [2.05, 4.69) is 15.6 Å². The van der Waals surface area contributed by atoms with Crippen LogP contribution in [0, 0.1) is 0 Å². The third-order valence-corrected chi connectivity index (χ3v) is 2.46. The molecule has 0 aromatic carbocycles. The molecule has 1 aromatic rings. The predicted molar refractivity (Wildman–Crippen MR) is 58.3 cm³/mol. The van der Waals surface area contributed by atoms with Crippen molar-refractivity contribution in [2.75, 3.05) is 17.6 Å². The molecule has 1 atom stereocenters. The minimum atomic E-state index is 0.126. The molecular weight excluding hydrogens is 192 g/mol. The lowest BCUT2D eigenvalue weighted by Crippen LogP contribution is -2.31. The van der Waals surface area contributed by atoms with Crippen LogP contribution < -0.4 is 16.4 Å². The number of nitrogens with zero attached hydrogens (tertiary/aromatic N) is 1. The number of rotatable bonds is 3. The number of anilines is 2. The summed E-state index contributed by atoms with van der Waals surface area (Å²) < 4.78 is 0. The van der Waals surface area contributed by atoms with E-state index >= 15 is 0 Å². The summed E-state index contributed by atoms with van der Waals surface area (Å²) in [5.74, 6) is 0.614. The topological polar surface area (TPSA) is 80.0 Å². The van der Waals surface area contributed by atoms with Gasteiger partial charge in [-0.05, 0) is 18.6 Å². The van der Waals surface area contributed by atoms with E-state index in [9.17, 15) is 4.79 Å². The third-order valence-electron chi connectivity index (χ3n) is 2.46. The summed E-state index contributed by atoms with van der Waals surface area (Å²) in [5.41, 5.74) is 6.49. The summed E-state index contributed by atoms with van der Waals surface area (Å²) in [5, 5.41) is 6.05. The van der Waals surface area contributed by atoms with E-state index in [0.29, 0.717) is 18.8 Å². The molecule has 1 saturated heterocycles. The summed E-state index contributed by atoms with van der Waals surface area (Å²) >= 11 is 0. The van der Waals surface area contributed by atoms with Gasteiger partial charge in [0.2, 0.25) is 5.91 Å². The van der Waals surface area contributed by atoms with Crippen LogP contribution in [0.1, 0.15) is 12.8 Å². The second-order valence-electron chi connectivity index (χ2n) is 3.62. The van der Waals surface area contributed by atoms with E-state index in [-0.39, 0.29) is 11.9 Å². The zero-order valence-electron chi connectivity index (χ0n) is 8.36. The smallest absolute Gasteiger partial charge is 0.220 e. The van der Waals surface area contributed by atoms with Gasteiger partial charge in [-0.3, -0.25) is 4.79 Å². The van der Waals surface area contributed by atoms with Gasteiger partial charge in [0, 0.05) is 25.2 Å². The van der Waals surface area contributed by atoms with Crippen molar-refractivity contribution in [3.63, 3.8) is 0 Å². The highest BCUT2D eigenvalue weighted by molar-refractivity contribution is 5.78. The Kier molecular flexibility index (Phi) is 2.71. The molecule has 1 amide bonds. The Hall–Kier alpha value is -1.78. The summed E-state index contributed by atoms with van der Waals surface area (Å²) in [6, 6.07) is 3.91. The normalized spacial score (nSPS) is 20.0. The number of nitrogen functional groups attached to an aromatic ring is 1. The van der Waals surface area contributed by atoms with Gasteiger partial charge in [0.25, 0.3) is 0 Å². The van der Waals surface area contributed by atoms with Gasteiger partial charge in [0.05, 0.1) is 5.69 Å². The number of nitrogens with one attached hydrogen (secondary N) is 2. The van der Waals surface area contributed by atoms with E-state index in [1.165, 1.54) is 0 Å². The number of aromatic nitrogens is 1. The average Bonchev–Trinajstić information content (AvgIpc) is 2.63. The number of amides is 1. The number of hydrogen-bond acceptors (Lipinski definition) is 4. The van der Waals surface area contributed by atoms with Crippen molar-refractivity contribution >= 4 is 17.4 Å². The second kappa shape index (κ2) is 4.16. The molecule has 0 saturated carbocycles. The molecule has 2 heterocycles. The molecule has 1 fully saturated rings. The maximum atomic E-state index is 11.0. The molecule has 1 aliphatic heterocycles. The lowest BCUT2D eigenvalue weighted by molar-refractivity contribution is -0.119. The summed E-state index contributed by atoms with van der Waals surface area (Å²) in [4.78, 5) is 14.9. The van der Waals surface area contributed by atoms with Gasteiger partial charge in [0.15, 0.2) is 0 Å². The largest absolute Gasteiger partial charge is 0.382 e. The second-order valence-corrected chi connectivity index (χ2v) is 3.62. The minimum absolute atomic E-state index is 0.126. The first kappa shape index (κ1) is 9.76. The van der Waals surface area contributed by atoms with Gasteiger partial charge >= 0.3 is 0 Å². The van der Waals surface area contributed by atoms with Crippen molar-refractivity contribution in [2.45, 2.75) is 18.9 Å². The molecule has 0 spiro atoms. The third kappa shape index (κ3) is 2.37. The zero-order valence-corrected chi connectivity index (χ0v) is 8.36. The predicted octanol–water partition coefficient (Wildman–Crippen LogP) is 0.354. The van der Waals surface area contributed by atoms with Crippen molar-refractivity contribution < 1.29 is 4.79 Å². The lowest BCUT2D eigenvalue weighted by atomic mass is 10.2. The maximum absolute atomic E-state index is 11.0. The summed E-state index contributed by atoms with van der Waals surface area (Å²) in [6.07, 6.45) is 3.15. The monoisotopic (exact) mass is 206 g/mol. The standard InChI is InChI=1S/C10H14N4O/c11-10-8(2-1-5-12-10)13-6-7-3-4-9(15)14-7/h1-2,5,7,13H,3-4,6H2,(H2,11,12)(H,14,15). The number of pyridine rings is 1. The fraction of sp³-hybridized carbons (Fsp3) is 0.400. The van der Waals surface area contributed by atoms with Crippen LogP contribution in [0.3, 0.4) is 0 Å². The minimum Gasteiger partial charge on any atom is -0.382 e. The van der Waals surface area contributed by atoms with Crippen molar-refractivity contribution in [3.05, 3.63) is 18.3 Å². The van der Waals surface area contributed by atoms with Crippen LogP contribution >= 0.6 is 0 Å². The van der Waals surface area contributed by atoms with Crippen molar-refractivity contribution in [1.29, 1.82) is 0 Å². The summed E-state index contributed by atoms with van der Waals surface area (Å²) in [7, 11) is 0. The van der Waals surface area contributed by atoms with Gasteiger partial charge in [-0.1, -0.05) is 0 Å². The first-order valence-electron chi connectivity index (χ1n) is 4.99. The van der Waals surface area contributed by atoms with Crippen LogP contribution in [0.2, 0.25) is 0 Å². The number of hydrogen-bond donors (Lipinski definition) is 3. The molecule has 15 heavy (non-hydrogen) atoms. The van der Waals surface area contributed by atoms with Crippen LogP contribution in [-0.4, -0.2) is 23.5 Å². The van der Waals surface area contributed by atoms with E-state index in [1.54, 1.807) is 6.20 Å². The van der Waals surface area contributed by atoms with E-state index in [4.69, 9.17) is 5.73 Å². The molecule has 1 unspecified atom stereocenters. The molecule has 5 heteroatoms. The lowest BCUT2D eigenvalue weighted by Gasteiger charge is -2.13. The highest BCUT2D eigenvalue weighted by Gasteiger charge is 2.20. The van der Waals surface area contributed by atoms with Gasteiger partial charge in [0.1, 0.15) is 5.82 Å². The zero-order chi connectivity index (χ0) is 10.7. The SMILES string of the molecule is Nc1ncccc1NCC1CCC(=O)N1. The Bertz CT molecular complexity index is 366. The first-order chi connectivity index (χ1) is 7.25. The summed E-state index contributed by atoms with van der Waals surface area (Å²) in [6.45, 7) is 0.696. The molecule has 80 valence electrons. The van der Waals surface area contributed by atoms with Crippen LogP contribution in [0.15, 0.2) is 18.3 Å². The van der Waals surface area contributed by atoms with Gasteiger partial charge in [-0.15, -0.1) is 0 Å². The molecule has 4 N–H and O–H groups in total. The van der Waals surface area contributed by atoms with Crippen LogP contribution in [-0.2, 0) is 4.79 Å². The maximum Gasteiger partial charge on any atom is 0.220 e. The van der Waals surface area contributed by atoms with Gasteiger partial charge in [-0.25, -0.2) is 4.98 Å². The fourth-order valence-corrected chi connectivity index (χ4v) is 1.63. The Labute approximate surface area is 88.1 Å². The first-order valence-corrected chi connectivity index (χ1v) is 4.99. The molecule has 0 radical (unpaired) electrons. The Balaban J connectivity index is 1.88. The number of carbonyl (C=O) groups is 1. The van der Waals surface area contributed by atoms with Crippen LogP contribution in [0.4, 0.5) is 11.5 Å².